The maximum Gasteiger partial charge on any atom is 0.230 e. The van der Waals surface area contributed by atoms with Crippen molar-refractivity contribution in [1.82, 2.24) is 19.6 Å². The Balaban J connectivity index is 1.37. The molecule has 3 N–H and O–H groups in total. The highest BCUT2D eigenvalue weighted by molar-refractivity contribution is 5.78. The molecule has 1 saturated heterocycles. The molecule has 5 aromatic rings. The van der Waals surface area contributed by atoms with Gasteiger partial charge in [-0.1, -0.05) is 44.2 Å². The molecule has 9 nitrogen and oxygen atoms in total. The van der Waals surface area contributed by atoms with Gasteiger partial charge in [0.25, 0.3) is 0 Å². The van der Waals surface area contributed by atoms with Gasteiger partial charge in [0.2, 0.25) is 23.1 Å². The lowest BCUT2D eigenvalue weighted by molar-refractivity contribution is -0.565. The van der Waals surface area contributed by atoms with Gasteiger partial charge in [-0.05, 0) is 42.5 Å². The molecular weight excluding hydrogens is 476 g/mol. The van der Waals surface area contributed by atoms with E-state index in [2.05, 4.69) is 29.2 Å². The van der Waals surface area contributed by atoms with Crippen molar-refractivity contribution in [1.29, 1.82) is 0 Å². The quantitative estimate of drug-likeness (QED) is 0.261. The molecule has 6 rings (SSSR count). The van der Waals surface area contributed by atoms with Gasteiger partial charge in [0, 0.05) is 48.8 Å². The van der Waals surface area contributed by atoms with E-state index in [0.717, 1.165) is 58.4 Å². The second-order valence-electron chi connectivity index (χ2n) is 10.2. The Hall–Kier alpha value is -4.24. The molecule has 9 heteroatoms. The second-order valence-corrected chi connectivity index (χ2v) is 10.2. The topological polar surface area (TPSA) is 111 Å². The molecule has 2 aromatic carbocycles. The van der Waals surface area contributed by atoms with E-state index in [1.807, 2.05) is 66.9 Å². The third kappa shape index (κ3) is 4.39. The summed E-state index contributed by atoms with van der Waals surface area (Å²) < 4.78 is 2.79. The molecule has 0 spiro atoms. The van der Waals surface area contributed by atoms with Crippen molar-refractivity contribution in [3.63, 3.8) is 0 Å². The molecular formula is C29H32N8O. The molecule has 0 bridgehead atoms. The van der Waals surface area contributed by atoms with Crippen molar-refractivity contribution < 1.29 is 4.73 Å². The predicted molar refractivity (Wildman–Crippen MR) is 150 cm³/mol. The van der Waals surface area contributed by atoms with Crippen LogP contribution in [0.15, 0.2) is 66.9 Å². The first-order valence-corrected chi connectivity index (χ1v) is 13.2. The summed E-state index contributed by atoms with van der Waals surface area (Å²) in [5.74, 6) is 1.59. The number of para-hydroxylation sites is 1. The number of nitrogens with zero attached hydrogens (tertiary/aromatic N) is 6. The Labute approximate surface area is 221 Å². The van der Waals surface area contributed by atoms with Crippen LogP contribution in [0.2, 0.25) is 0 Å². The van der Waals surface area contributed by atoms with Crippen LogP contribution < -0.4 is 20.7 Å². The minimum Gasteiger partial charge on any atom is -0.618 e. The van der Waals surface area contributed by atoms with Gasteiger partial charge in [-0.25, -0.2) is 0 Å². The molecule has 4 heterocycles. The number of hydrogen-bond donors (Lipinski definition) is 2. The van der Waals surface area contributed by atoms with Gasteiger partial charge in [0.05, 0.1) is 11.8 Å². The Morgan fingerprint density at radius 1 is 1.03 bits per heavy atom. The first-order chi connectivity index (χ1) is 18.5. The predicted octanol–water partition coefficient (Wildman–Crippen LogP) is 4.24. The second kappa shape index (κ2) is 9.90. The van der Waals surface area contributed by atoms with Crippen LogP contribution in [0, 0.1) is 5.21 Å². The fraction of sp³-hybridized carbons (Fsp3) is 0.310. The fourth-order valence-corrected chi connectivity index (χ4v) is 5.12. The first-order valence-electron chi connectivity index (χ1n) is 13.2. The van der Waals surface area contributed by atoms with Gasteiger partial charge in [0.15, 0.2) is 5.65 Å². The summed E-state index contributed by atoms with van der Waals surface area (Å²) in [6.07, 6.45) is 3.71. The highest BCUT2D eigenvalue weighted by Gasteiger charge is 2.22. The molecule has 0 amide bonds. The number of anilines is 2. The number of nitrogens with two attached hydrogens (primary N) is 1. The van der Waals surface area contributed by atoms with Crippen LogP contribution >= 0.6 is 0 Å². The number of aromatic nitrogens is 5. The SMILES string of the molecule is CC(C)c1cnn2c(NCc3ccccc3-c3ccc4ccccc4[n+]3[O-])nc(N3CCC(N)CC3)nc12. The maximum absolute atomic E-state index is 13.3. The zero-order chi connectivity index (χ0) is 26.2. The molecule has 1 aliphatic rings. The van der Waals surface area contributed by atoms with Crippen molar-refractivity contribution in [2.24, 2.45) is 5.73 Å². The molecule has 0 unspecified atom stereocenters. The van der Waals surface area contributed by atoms with Crippen molar-refractivity contribution in [3.8, 4) is 11.3 Å². The third-order valence-corrected chi connectivity index (χ3v) is 7.35. The molecule has 0 aliphatic carbocycles. The smallest absolute Gasteiger partial charge is 0.230 e. The molecule has 0 atom stereocenters. The monoisotopic (exact) mass is 508 g/mol. The van der Waals surface area contributed by atoms with E-state index in [-0.39, 0.29) is 12.0 Å². The van der Waals surface area contributed by atoms with Crippen LogP contribution in [0.3, 0.4) is 0 Å². The number of fused-ring (bicyclic) bond motifs is 2. The summed E-state index contributed by atoms with van der Waals surface area (Å²) in [4.78, 5) is 12.0. The average Bonchev–Trinajstić information content (AvgIpc) is 3.37. The van der Waals surface area contributed by atoms with Crippen LogP contribution in [0.1, 0.15) is 43.7 Å². The summed E-state index contributed by atoms with van der Waals surface area (Å²) in [6, 6.07) is 19.7. The van der Waals surface area contributed by atoms with Crippen LogP contribution in [0.25, 0.3) is 27.8 Å². The standard InChI is InChI=1S/C29H32N8O/c1-19(2)24-18-32-36-27(24)33-29(35-15-13-22(30)14-16-35)34-28(36)31-17-21-8-3-5-9-23(21)26-12-11-20-7-4-6-10-25(20)37(26)38/h3-12,18-19,22H,13-17,30H2,1-2H3,(H,31,33,34). The number of hydrogen-bond acceptors (Lipinski definition) is 7. The summed E-state index contributed by atoms with van der Waals surface area (Å²) in [6.45, 7) is 6.41. The van der Waals surface area contributed by atoms with Crippen molar-refractivity contribution in [2.45, 2.75) is 45.2 Å². The van der Waals surface area contributed by atoms with E-state index in [9.17, 15) is 5.21 Å². The van der Waals surface area contributed by atoms with Crippen LogP contribution in [0.4, 0.5) is 11.9 Å². The van der Waals surface area contributed by atoms with E-state index < -0.39 is 0 Å². The van der Waals surface area contributed by atoms with Gasteiger partial charge in [-0.15, -0.1) is 0 Å². The highest BCUT2D eigenvalue weighted by Crippen LogP contribution is 2.27. The summed E-state index contributed by atoms with van der Waals surface area (Å²) in [5.41, 5.74) is 11.1. The highest BCUT2D eigenvalue weighted by atomic mass is 16.5. The van der Waals surface area contributed by atoms with Gasteiger partial charge in [-0.3, -0.25) is 0 Å². The zero-order valence-electron chi connectivity index (χ0n) is 21.7. The first kappa shape index (κ1) is 24.1. The van der Waals surface area contributed by atoms with Crippen molar-refractivity contribution in [2.75, 3.05) is 23.3 Å². The maximum atomic E-state index is 13.3. The number of nitrogens with one attached hydrogen (secondary N) is 1. The van der Waals surface area contributed by atoms with Crippen LogP contribution in [-0.2, 0) is 6.54 Å². The van der Waals surface area contributed by atoms with Crippen LogP contribution in [-0.4, -0.2) is 38.7 Å². The average molecular weight is 509 g/mol. The molecule has 1 fully saturated rings. The lowest BCUT2D eigenvalue weighted by atomic mass is 10.0. The van der Waals surface area contributed by atoms with Gasteiger partial charge in [0.1, 0.15) is 0 Å². The minimum absolute atomic E-state index is 0.226. The molecule has 0 radical (unpaired) electrons. The fourth-order valence-electron chi connectivity index (χ4n) is 5.12. The van der Waals surface area contributed by atoms with Crippen molar-refractivity contribution >= 4 is 28.4 Å². The van der Waals surface area contributed by atoms with Crippen molar-refractivity contribution in [3.05, 3.63) is 83.2 Å². The zero-order valence-corrected chi connectivity index (χ0v) is 21.7. The third-order valence-electron chi connectivity index (χ3n) is 7.35. The number of benzene rings is 2. The molecule has 1 aliphatic heterocycles. The molecule has 194 valence electrons. The van der Waals surface area contributed by atoms with E-state index >= 15 is 0 Å². The largest absolute Gasteiger partial charge is 0.618 e. The summed E-state index contributed by atoms with van der Waals surface area (Å²) >= 11 is 0. The lowest BCUT2D eigenvalue weighted by Crippen LogP contribution is -2.40. The number of rotatable bonds is 6. The Morgan fingerprint density at radius 3 is 2.61 bits per heavy atom. The van der Waals surface area contributed by atoms with Gasteiger partial charge < -0.3 is 21.2 Å². The Kier molecular flexibility index (Phi) is 6.29. The molecule has 3 aromatic heterocycles. The summed E-state index contributed by atoms with van der Waals surface area (Å²) in [5, 5.41) is 22.3. The Bertz CT molecular complexity index is 1600. The molecule has 38 heavy (non-hydrogen) atoms. The minimum atomic E-state index is 0.226. The van der Waals surface area contributed by atoms with E-state index in [1.165, 1.54) is 0 Å². The number of pyridine rings is 1. The normalized spacial score (nSPS) is 14.6. The van der Waals surface area contributed by atoms with Gasteiger partial charge in [-0.2, -0.15) is 24.3 Å². The van der Waals surface area contributed by atoms with E-state index in [1.54, 1.807) is 4.52 Å². The van der Waals surface area contributed by atoms with E-state index in [4.69, 9.17) is 15.7 Å². The summed E-state index contributed by atoms with van der Waals surface area (Å²) in [7, 11) is 0. The van der Waals surface area contributed by atoms with Gasteiger partial charge >= 0.3 is 0 Å². The Morgan fingerprint density at radius 2 is 1.79 bits per heavy atom. The lowest BCUT2D eigenvalue weighted by Gasteiger charge is -2.30. The number of piperidine rings is 1. The van der Waals surface area contributed by atoms with E-state index in [0.29, 0.717) is 29.7 Å². The van der Waals surface area contributed by atoms with Crippen LogP contribution in [0.5, 0.6) is 0 Å². The molecule has 0 saturated carbocycles.